The molecule has 0 bridgehead atoms. The van der Waals surface area contributed by atoms with Crippen molar-refractivity contribution in [1.29, 1.82) is 0 Å². The minimum Gasteiger partial charge on any atom is -0.478 e. The molecule has 0 radical (unpaired) electrons. The SMILES string of the molecule is CCOc1ccnc(N(C)CC2CCCNC2)n1. The van der Waals surface area contributed by atoms with Gasteiger partial charge < -0.3 is 15.0 Å². The number of anilines is 1. The second-order valence-electron chi connectivity index (χ2n) is 4.72. The van der Waals surface area contributed by atoms with Crippen LogP contribution in [0.15, 0.2) is 12.3 Å². The lowest BCUT2D eigenvalue weighted by Gasteiger charge is -2.27. The van der Waals surface area contributed by atoms with Gasteiger partial charge >= 0.3 is 0 Å². The Balaban J connectivity index is 1.94. The van der Waals surface area contributed by atoms with Crippen molar-refractivity contribution in [3.05, 3.63) is 12.3 Å². The summed E-state index contributed by atoms with van der Waals surface area (Å²) in [5.74, 6) is 2.07. The van der Waals surface area contributed by atoms with Crippen LogP contribution in [0.5, 0.6) is 5.88 Å². The standard InChI is InChI=1S/C13H22N4O/c1-3-18-12-6-8-15-13(16-12)17(2)10-11-5-4-7-14-9-11/h6,8,11,14H,3-5,7,9-10H2,1-2H3. The molecule has 1 N–H and O–H groups in total. The number of nitrogens with zero attached hydrogens (tertiary/aromatic N) is 3. The van der Waals surface area contributed by atoms with Gasteiger partial charge in [-0.15, -0.1) is 0 Å². The highest BCUT2D eigenvalue weighted by Gasteiger charge is 2.16. The molecule has 0 aliphatic carbocycles. The zero-order valence-electron chi connectivity index (χ0n) is 11.2. The van der Waals surface area contributed by atoms with Gasteiger partial charge in [-0.3, -0.25) is 0 Å². The summed E-state index contributed by atoms with van der Waals surface area (Å²) in [6.07, 6.45) is 4.30. The first kappa shape index (κ1) is 13.1. The second-order valence-corrected chi connectivity index (χ2v) is 4.72. The van der Waals surface area contributed by atoms with E-state index in [2.05, 4.69) is 20.2 Å². The molecule has 1 fully saturated rings. The van der Waals surface area contributed by atoms with Crippen LogP contribution in [-0.4, -0.2) is 43.3 Å². The third kappa shape index (κ3) is 3.57. The van der Waals surface area contributed by atoms with Gasteiger partial charge in [-0.1, -0.05) is 0 Å². The molecule has 1 unspecified atom stereocenters. The van der Waals surface area contributed by atoms with Crippen LogP contribution in [0.1, 0.15) is 19.8 Å². The molecule has 5 nitrogen and oxygen atoms in total. The molecule has 0 amide bonds. The van der Waals surface area contributed by atoms with Crippen LogP contribution in [0.2, 0.25) is 0 Å². The molecule has 100 valence electrons. The third-order valence-corrected chi connectivity index (χ3v) is 3.18. The van der Waals surface area contributed by atoms with Gasteiger partial charge in [0, 0.05) is 25.9 Å². The maximum atomic E-state index is 5.40. The fourth-order valence-electron chi connectivity index (χ4n) is 2.29. The predicted octanol–water partition coefficient (Wildman–Crippen LogP) is 1.31. The van der Waals surface area contributed by atoms with Crippen molar-refractivity contribution in [3.8, 4) is 5.88 Å². The van der Waals surface area contributed by atoms with E-state index < -0.39 is 0 Å². The van der Waals surface area contributed by atoms with Crippen molar-refractivity contribution in [3.63, 3.8) is 0 Å². The Morgan fingerprint density at radius 1 is 1.56 bits per heavy atom. The van der Waals surface area contributed by atoms with E-state index in [0.717, 1.165) is 25.6 Å². The van der Waals surface area contributed by atoms with Crippen molar-refractivity contribution in [2.45, 2.75) is 19.8 Å². The molecule has 0 aromatic carbocycles. The number of piperidine rings is 1. The molecule has 1 aromatic heterocycles. The van der Waals surface area contributed by atoms with Crippen LogP contribution >= 0.6 is 0 Å². The number of hydrogen-bond acceptors (Lipinski definition) is 5. The van der Waals surface area contributed by atoms with Crippen LogP contribution in [0, 0.1) is 5.92 Å². The van der Waals surface area contributed by atoms with Crippen molar-refractivity contribution in [2.24, 2.45) is 5.92 Å². The van der Waals surface area contributed by atoms with E-state index in [1.807, 2.05) is 14.0 Å². The minimum atomic E-state index is 0.632. The Kier molecular flexibility index (Phi) is 4.75. The van der Waals surface area contributed by atoms with Crippen LogP contribution in [0.25, 0.3) is 0 Å². The van der Waals surface area contributed by atoms with Crippen LogP contribution in [0.4, 0.5) is 5.95 Å². The Hall–Kier alpha value is -1.36. The summed E-state index contributed by atoms with van der Waals surface area (Å²) in [5.41, 5.74) is 0. The Morgan fingerprint density at radius 2 is 2.44 bits per heavy atom. The summed E-state index contributed by atoms with van der Waals surface area (Å²) in [7, 11) is 2.04. The zero-order valence-corrected chi connectivity index (χ0v) is 11.2. The zero-order chi connectivity index (χ0) is 12.8. The van der Waals surface area contributed by atoms with Crippen LogP contribution in [0.3, 0.4) is 0 Å². The molecular formula is C13H22N4O. The Bertz CT molecular complexity index is 366. The normalized spacial score (nSPS) is 19.6. The maximum Gasteiger partial charge on any atom is 0.228 e. The quantitative estimate of drug-likeness (QED) is 0.854. The van der Waals surface area contributed by atoms with Gasteiger partial charge in [0.2, 0.25) is 11.8 Å². The van der Waals surface area contributed by atoms with Crippen molar-refractivity contribution in [1.82, 2.24) is 15.3 Å². The average Bonchev–Trinajstić information content (AvgIpc) is 2.40. The minimum absolute atomic E-state index is 0.632. The molecule has 2 heterocycles. The van der Waals surface area contributed by atoms with Gasteiger partial charge in [-0.2, -0.15) is 4.98 Å². The molecule has 1 aromatic rings. The first-order chi connectivity index (χ1) is 8.79. The lowest BCUT2D eigenvalue weighted by Crippen LogP contribution is -2.37. The molecule has 1 atom stereocenters. The molecule has 0 saturated carbocycles. The fourth-order valence-corrected chi connectivity index (χ4v) is 2.29. The van der Waals surface area contributed by atoms with E-state index in [4.69, 9.17) is 4.74 Å². The molecule has 0 spiro atoms. The molecular weight excluding hydrogens is 228 g/mol. The summed E-state index contributed by atoms with van der Waals surface area (Å²) in [5, 5.41) is 3.43. The van der Waals surface area contributed by atoms with E-state index in [1.54, 1.807) is 12.3 Å². The van der Waals surface area contributed by atoms with Gasteiger partial charge in [0.05, 0.1) is 6.61 Å². The molecule has 5 heteroatoms. The molecule has 18 heavy (non-hydrogen) atoms. The highest BCUT2D eigenvalue weighted by molar-refractivity contribution is 5.30. The fraction of sp³-hybridized carbons (Fsp3) is 0.692. The maximum absolute atomic E-state index is 5.40. The topological polar surface area (TPSA) is 50.3 Å². The van der Waals surface area contributed by atoms with E-state index in [-0.39, 0.29) is 0 Å². The number of hydrogen-bond donors (Lipinski definition) is 1. The van der Waals surface area contributed by atoms with Crippen LogP contribution in [-0.2, 0) is 0 Å². The summed E-state index contributed by atoms with van der Waals surface area (Å²) in [6, 6.07) is 1.79. The van der Waals surface area contributed by atoms with Gasteiger partial charge in [-0.05, 0) is 38.8 Å². The first-order valence-electron chi connectivity index (χ1n) is 6.67. The number of ether oxygens (including phenoxy) is 1. The molecule has 2 rings (SSSR count). The highest BCUT2D eigenvalue weighted by atomic mass is 16.5. The lowest BCUT2D eigenvalue weighted by molar-refractivity contribution is 0.325. The van der Waals surface area contributed by atoms with Gasteiger partial charge in [-0.25, -0.2) is 4.98 Å². The monoisotopic (exact) mass is 250 g/mol. The summed E-state index contributed by atoms with van der Waals surface area (Å²) in [4.78, 5) is 10.8. The van der Waals surface area contributed by atoms with Gasteiger partial charge in [0.1, 0.15) is 0 Å². The van der Waals surface area contributed by atoms with Gasteiger partial charge in [0.25, 0.3) is 0 Å². The Labute approximate surface area is 109 Å². The predicted molar refractivity (Wildman–Crippen MR) is 72.1 cm³/mol. The van der Waals surface area contributed by atoms with Crippen molar-refractivity contribution >= 4 is 5.95 Å². The molecule has 1 aliphatic heterocycles. The largest absolute Gasteiger partial charge is 0.478 e. The van der Waals surface area contributed by atoms with Crippen LogP contribution < -0.4 is 15.0 Å². The number of aromatic nitrogens is 2. The number of rotatable bonds is 5. The summed E-state index contributed by atoms with van der Waals surface area (Å²) >= 11 is 0. The summed E-state index contributed by atoms with van der Waals surface area (Å²) < 4.78 is 5.40. The second kappa shape index (κ2) is 6.54. The molecule has 1 aliphatic rings. The van der Waals surface area contributed by atoms with E-state index in [9.17, 15) is 0 Å². The van der Waals surface area contributed by atoms with E-state index in [1.165, 1.54) is 12.8 Å². The van der Waals surface area contributed by atoms with Crippen molar-refractivity contribution in [2.75, 3.05) is 38.2 Å². The smallest absolute Gasteiger partial charge is 0.228 e. The summed E-state index contributed by atoms with van der Waals surface area (Å²) in [6.45, 7) is 5.82. The third-order valence-electron chi connectivity index (χ3n) is 3.18. The van der Waals surface area contributed by atoms with Crippen molar-refractivity contribution < 1.29 is 4.74 Å². The highest BCUT2D eigenvalue weighted by Crippen LogP contribution is 2.16. The Morgan fingerprint density at radius 3 is 3.17 bits per heavy atom. The average molecular weight is 250 g/mol. The van der Waals surface area contributed by atoms with Gasteiger partial charge in [0.15, 0.2) is 0 Å². The molecule has 1 saturated heterocycles. The lowest BCUT2D eigenvalue weighted by atomic mass is 9.99. The first-order valence-corrected chi connectivity index (χ1v) is 6.67. The van der Waals surface area contributed by atoms with E-state index in [0.29, 0.717) is 18.4 Å². The van der Waals surface area contributed by atoms with E-state index >= 15 is 0 Å². The number of nitrogens with one attached hydrogen (secondary N) is 1.